The number of alkyl halides is 1. The van der Waals surface area contributed by atoms with Gasteiger partial charge in [0.1, 0.15) is 6.10 Å². The molecule has 2 N–H and O–H groups in total. The maximum atomic E-state index is 5.35. The lowest BCUT2D eigenvalue weighted by Crippen LogP contribution is -2.16. The fourth-order valence-corrected chi connectivity index (χ4v) is 0.371. The van der Waals surface area contributed by atoms with Crippen LogP contribution in [0.25, 0.3) is 0 Å². The lowest BCUT2D eigenvalue weighted by Gasteiger charge is -1.82. The van der Waals surface area contributed by atoms with E-state index < -0.39 is 5.18 Å². The van der Waals surface area contributed by atoms with Gasteiger partial charge in [0.15, 0.2) is 0 Å². The SMILES string of the molecule is CC1OC1(N)Cl. The molecule has 1 aliphatic rings. The van der Waals surface area contributed by atoms with Gasteiger partial charge in [-0.25, -0.2) is 0 Å². The van der Waals surface area contributed by atoms with Crippen LogP contribution in [0, 0.1) is 0 Å². The fraction of sp³-hybridized carbons (Fsp3) is 1.00. The van der Waals surface area contributed by atoms with Crippen molar-refractivity contribution >= 4 is 11.6 Å². The third kappa shape index (κ3) is 0.511. The van der Waals surface area contributed by atoms with E-state index in [4.69, 9.17) is 17.3 Å². The van der Waals surface area contributed by atoms with Crippen molar-refractivity contribution in [2.75, 3.05) is 0 Å². The summed E-state index contributed by atoms with van der Waals surface area (Å²) in [5, 5.41) is -0.819. The van der Waals surface area contributed by atoms with E-state index in [-0.39, 0.29) is 6.10 Å². The van der Waals surface area contributed by atoms with Gasteiger partial charge in [0.25, 0.3) is 0 Å². The van der Waals surface area contributed by atoms with Crippen molar-refractivity contribution in [3.63, 3.8) is 0 Å². The van der Waals surface area contributed by atoms with Crippen LogP contribution in [0.3, 0.4) is 0 Å². The maximum absolute atomic E-state index is 5.35. The second kappa shape index (κ2) is 0.886. The molecule has 0 aliphatic carbocycles. The van der Waals surface area contributed by atoms with Crippen LogP contribution in [0.2, 0.25) is 0 Å². The van der Waals surface area contributed by atoms with Gasteiger partial charge in [-0.15, -0.1) is 0 Å². The van der Waals surface area contributed by atoms with Crippen molar-refractivity contribution in [2.45, 2.75) is 18.2 Å². The highest BCUT2D eigenvalue weighted by atomic mass is 35.5. The molecular weight excluding hydrogens is 101 g/mol. The van der Waals surface area contributed by atoms with Crippen LogP contribution in [-0.2, 0) is 4.74 Å². The zero-order valence-electron chi connectivity index (χ0n) is 3.44. The van der Waals surface area contributed by atoms with Crippen LogP contribution >= 0.6 is 11.6 Å². The van der Waals surface area contributed by atoms with Crippen molar-refractivity contribution in [2.24, 2.45) is 5.73 Å². The van der Waals surface area contributed by atoms with Crippen LogP contribution in [0.15, 0.2) is 0 Å². The van der Waals surface area contributed by atoms with Crippen molar-refractivity contribution in [1.82, 2.24) is 0 Å². The van der Waals surface area contributed by atoms with Gasteiger partial charge in [-0.3, -0.25) is 5.73 Å². The first-order chi connectivity index (χ1) is 2.63. The number of hydrogen-bond donors (Lipinski definition) is 1. The Morgan fingerprint density at radius 3 is 2.17 bits per heavy atom. The molecule has 1 aliphatic heterocycles. The number of rotatable bonds is 0. The summed E-state index contributed by atoms with van der Waals surface area (Å²) in [5.41, 5.74) is 5.15. The molecule has 0 spiro atoms. The van der Waals surface area contributed by atoms with Crippen molar-refractivity contribution in [3.8, 4) is 0 Å². The van der Waals surface area contributed by atoms with Crippen molar-refractivity contribution in [1.29, 1.82) is 0 Å². The topological polar surface area (TPSA) is 38.5 Å². The molecule has 0 aromatic heterocycles. The summed E-state index contributed by atoms with van der Waals surface area (Å²) in [6.07, 6.45) is 0.0409. The van der Waals surface area contributed by atoms with Crippen LogP contribution in [0.5, 0.6) is 0 Å². The summed E-state index contributed by atoms with van der Waals surface area (Å²) in [6, 6.07) is 0. The Labute approximate surface area is 41.2 Å². The molecule has 2 atom stereocenters. The number of nitrogens with two attached hydrogens (primary N) is 1. The van der Waals surface area contributed by atoms with E-state index in [1.54, 1.807) is 0 Å². The summed E-state index contributed by atoms with van der Waals surface area (Å²) in [5.74, 6) is 0. The molecule has 1 rings (SSSR count). The lowest BCUT2D eigenvalue weighted by atomic mass is 10.5. The standard InChI is InChI=1S/C3H6ClNO/c1-2-3(4,5)6-2/h2H,5H2,1H3. The Kier molecular flexibility index (Phi) is 0.645. The van der Waals surface area contributed by atoms with E-state index in [1.807, 2.05) is 6.92 Å². The average Bonchev–Trinajstić information content (AvgIpc) is 1.73. The maximum Gasteiger partial charge on any atom is 0.220 e. The second-order valence-corrected chi connectivity index (χ2v) is 2.05. The van der Waals surface area contributed by atoms with Crippen LogP contribution < -0.4 is 5.73 Å². The minimum absolute atomic E-state index is 0.0409. The molecule has 1 fully saturated rings. The first kappa shape index (κ1) is 4.37. The molecule has 0 aromatic carbocycles. The Bertz CT molecular complexity index is 73.2. The molecule has 36 valence electrons. The molecule has 0 amide bonds. The van der Waals surface area contributed by atoms with Gasteiger partial charge in [0.05, 0.1) is 0 Å². The zero-order chi connectivity index (χ0) is 4.78. The third-order valence-electron chi connectivity index (χ3n) is 0.854. The minimum Gasteiger partial charge on any atom is -0.336 e. The van der Waals surface area contributed by atoms with E-state index in [9.17, 15) is 0 Å². The van der Waals surface area contributed by atoms with Gasteiger partial charge in [-0.05, 0) is 6.92 Å². The summed E-state index contributed by atoms with van der Waals surface area (Å²) in [7, 11) is 0. The zero-order valence-corrected chi connectivity index (χ0v) is 4.20. The predicted molar refractivity (Wildman–Crippen MR) is 23.3 cm³/mol. The largest absolute Gasteiger partial charge is 0.336 e. The molecule has 0 aromatic rings. The first-order valence-electron chi connectivity index (χ1n) is 1.78. The van der Waals surface area contributed by atoms with Gasteiger partial charge in [0.2, 0.25) is 5.18 Å². The predicted octanol–water partition coefficient (Wildman–Crippen LogP) is 0.256. The van der Waals surface area contributed by atoms with Gasteiger partial charge < -0.3 is 4.74 Å². The number of hydrogen-bond acceptors (Lipinski definition) is 2. The van der Waals surface area contributed by atoms with Crippen LogP contribution in [0.1, 0.15) is 6.92 Å². The second-order valence-electron chi connectivity index (χ2n) is 1.46. The summed E-state index contributed by atoms with van der Waals surface area (Å²) < 4.78 is 4.65. The highest BCUT2D eigenvalue weighted by Gasteiger charge is 2.48. The highest BCUT2D eigenvalue weighted by Crippen LogP contribution is 2.33. The molecule has 6 heavy (non-hydrogen) atoms. The van der Waals surface area contributed by atoms with Gasteiger partial charge >= 0.3 is 0 Å². The van der Waals surface area contributed by atoms with E-state index in [1.165, 1.54) is 0 Å². The number of ether oxygens (including phenoxy) is 1. The molecule has 3 heteroatoms. The Balaban J connectivity index is 2.41. The fourth-order valence-electron chi connectivity index (χ4n) is 0.237. The van der Waals surface area contributed by atoms with Gasteiger partial charge in [0, 0.05) is 0 Å². The molecular formula is C3H6ClNO. The Morgan fingerprint density at radius 1 is 2.00 bits per heavy atom. The van der Waals surface area contributed by atoms with Crippen LogP contribution in [-0.4, -0.2) is 11.3 Å². The van der Waals surface area contributed by atoms with E-state index in [0.717, 1.165) is 0 Å². The number of halogens is 1. The van der Waals surface area contributed by atoms with Gasteiger partial charge in [-0.1, -0.05) is 11.6 Å². The smallest absolute Gasteiger partial charge is 0.220 e. The third-order valence-corrected chi connectivity index (χ3v) is 1.25. The number of epoxide rings is 1. The Hall–Kier alpha value is 0.210. The summed E-state index contributed by atoms with van der Waals surface area (Å²) in [4.78, 5) is 0. The highest BCUT2D eigenvalue weighted by molar-refractivity contribution is 6.24. The molecule has 1 saturated heterocycles. The minimum atomic E-state index is -0.819. The van der Waals surface area contributed by atoms with Gasteiger partial charge in [-0.2, -0.15) is 0 Å². The molecule has 0 saturated carbocycles. The molecule has 0 radical (unpaired) electrons. The van der Waals surface area contributed by atoms with Crippen LogP contribution in [0.4, 0.5) is 0 Å². The molecule has 1 heterocycles. The van der Waals surface area contributed by atoms with E-state index >= 15 is 0 Å². The quantitative estimate of drug-likeness (QED) is 0.274. The average molecular weight is 108 g/mol. The monoisotopic (exact) mass is 107 g/mol. The lowest BCUT2D eigenvalue weighted by molar-refractivity contribution is 0.362. The molecule has 2 unspecified atom stereocenters. The molecule has 0 bridgehead atoms. The summed E-state index contributed by atoms with van der Waals surface area (Å²) >= 11 is 5.35. The first-order valence-corrected chi connectivity index (χ1v) is 2.16. The normalized spacial score (nSPS) is 55.5. The molecule has 2 nitrogen and oxygen atoms in total. The van der Waals surface area contributed by atoms with E-state index in [2.05, 4.69) is 4.74 Å². The van der Waals surface area contributed by atoms with Crippen molar-refractivity contribution < 1.29 is 4.74 Å². The van der Waals surface area contributed by atoms with E-state index in [0.29, 0.717) is 0 Å². The Morgan fingerprint density at radius 2 is 2.17 bits per heavy atom. The summed E-state index contributed by atoms with van der Waals surface area (Å²) in [6.45, 7) is 1.83. The van der Waals surface area contributed by atoms with Crippen molar-refractivity contribution in [3.05, 3.63) is 0 Å².